The number of benzene rings is 1. The second-order valence-corrected chi connectivity index (χ2v) is 6.13. The lowest BCUT2D eigenvalue weighted by atomic mass is 10.2. The number of thioether (sulfide) groups is 1. The van der Waals surface area contributed by atoms with Crippen molar-refractivity contribution in [3.63, 3.8) is 0 Å². The van der Waals surface area contributed by atoms with Gasteiger partial charge in [-0.15, -0.1) is 11.8 Å². The van der Waals surface area contributed by atoms with Gasteiger partial charge < -0.3 is 9.42 Å². The van der Waals surface area contributed by atoms with Gasteiger partial charge >= 0.3 is 0 Å². The van der Waals surface area contributed by atoms with E-state index in [0.717, 1.165) is 17.1 Å². The quantitative estimate of drug-likeness (QED) is 0.817. The monoisotopic (exact) mass is 304 g/mol. The Kier molecular flexibility index (Phi) is 5.44. The highest BCUT2D eigenvalue weighted by Crippen LogP contribution is 2.22. The molecule has 0 radical (unpaired) electrons. The van der Waals surface area contributed by atoms with Gasteiger partial charge in [0.05, 0.1) is 10.9 Å². The molecule has 1 aromatic heterocycles. The maximum absolute atomic E-state index is 12.6. The van der Waals surface area contributed by atoms with Gasteiger partial charge in [-0.25, -0.2) is 0 Å². The van der Waals surface area contributed by atoms with E-state index in [-0.39, 0.29) is 11.2 Å². The van der Waals surface area contributed by atoms with Crippen molar-refractivity contribution in [3.05, 3.63) is 47.9 Å². The van der Waals surface area contributed by atoms with E-state index in [2.05, 4.69) is 5.16 Å². The molecule has 1 atom stereocenters. The predicted molar refractivity (Wildman–Crippen MR) is 86.5 cm³/mol. The van der Waals surface area contributed by atoms with Gasteiger partial charge in [-0.2, -0.15) is 0 Å². The third-order valence-electron chi connectivity index (χ3n) is 3.16. The molecule has 0 aliphatic heterocycles. The fourth-order valence-electron chi connectivity index (χ4n) is 2.06. The molecule has 1 aromatic carbocycles. The summed E-state index contributed by atoms with van der Waals surface area (Å²) in [5, 5.41) is 3.83. The van der Waals surface area contributed by atoms with Gasteiger partial charge in [-0.1, -0.05) is 23.4 Å². The van der Waals surface area contributed by atoms with Crippen LogP contribution in [0.15, 0.2) is 40.9 Å². The number of hydrogen-bond donors (Lipinski definition) is 0. The molecule has 0 saturated carbocycles. The summed E-state index contributed by atoms with van der Waals surface area (Å²) >= 11 is 1.58. The van der Waals surface area contributed by atoms with Crippen LogP contribution in [0.4, 0.5) is 5.69 Å². The van der Waals surface area contributed by atoms with Crippen LogP contribution in [0, 0.1) is 6.92 Å². The topological polar surface area (TPSA) is 46.3 Å². The van der Waals surface area contributed by atoms with E-state index in [1.165, 1.54) is 0 Å². The Morgan fingerprint density at radius 3 is 2.67 bits per heavy atom. The van der Waals surface area contributed by atoms with Gasteiger partial charge in [0, 0.05) is 24.1 Å². The van der Waals surface area contributed by atoms with E-state index < -0.39 is 0 Å². The lowest BCUT2D eigenvalue weighted by Gasteiger charge is -2.24. The minimum atomic E-state index is -0.123. The van der Waals surface area contributed by atoms with Crippen LogP contribution in [0.1, 0.15) is 25.3 Å². The molecule has 1 heterocycles. The van der Waals surface area contributed by atoms with Gasteiger partial charge in [-0.05, 0) is 32.9 Å². The first-order valence-corrected chi connectivity index (χ1v) is 8.07. The molecular formula is C16H20N2O2S. The molecular weight excluding hydrogens is 284 g/mol. The summed E-state index contributed by atoms with van der Waals surface area (Å²) in [5.41, 5.74) is 1.81. The number of aryl methyl sites for hydroxylation is 1. The Balaban J connectivity index is 1.97. The van der Waals surface area contributed by atoms with Crippen LogP contribution in [-0.2, 0) is 10.5 Å². The molecule has 112 valence electrons. The molecule has 4 nitrogen and oxygen atoms in total. The fraction of sp³-hybridized carbons (Fsp3) is 0.375. The normalized spacial score (nSPS) is 12.1. The van der Waals surface area contributed by atoms with E-state index in [4.69, 9.17) is 4.52 Å². The fourth-order valence-corrected chi connectivity index (χ4v) is 2.89. The van der Waals surface area contributed by atoms with Crippen molar-refractivity contribution >= 4 is 23.4 Å². The van der Waals surface area contributed by atoms with Crippen molar-refractivity contribution < 1.29 is 9.32 Å². The van der Waals surface area contributed by atoms with Crippen LogP contribution < -0.4 is 4.90 Å². The summed E-state index contributed by atoms with van der Waals surface area (Å²) in [5.74, 6) is 1.59. The molecule has 21 heavy (non-hydrogen) atoms. The number of hydrogen-bond acceptors (Lipinski definition) is 4. The smallest absolute Gasteiger partial charge is 0.239 e. The van der Waals surface area contributed by atoms with Crippen molar-refractivity contribution in [2.24, 2.45) is 0 Å². The Hall–Kier alpha value is -1.75. The average molecular weight is 304 g/mol. The van der Waals surface area contributed by atoms with Crippen molar-refractivity contribution in [2.75, 3.05) is 11.4 Å². The molecule has 5 heteroatoms. The maximum Gasteiger partial charge on any atom is 0.239 e. The van der Waals surface area contributed by atoms with Crippen molar-refractivity contribution in [2.45, 2.75) is 31.8 Å². The number of carbonyl (C=O) groups is 1. The van der Waals surface area contributed by atoms with E-state index >= 15 is 0 Å². The molecule has 1 amide bonds. The van der Waals surface area contributed by atoms with Crippen LogP contribution in [-0.4, -0.2) is 22.9 Å². The first kappa shape index (κ1) is 15.6. The maximum atomic E-state index is 12.6. The van der Waals surface area contributed by atoms with Crippen LogP contribution in [0.25, 0.3) is 0 Å². The summed E-state index contributed by atoms with van der Waals surface area (Å²) in [6, 6.07) is 11.7. The number of rotatable bonds is 6. The molecule has 0 spiro atoms. The average Bonchev–Trinajstić information content (AvgIpc) is 2.92. The van der Waals surface area contributed by atoms with Crippen LogP contribution >= 0.6 is 11.8 Å². The van der Waals surface area contributed by atoms with Crippen LogP contribution in [0.3, 0.4) is 0 Å². The van der Waals surface area contributed by atoms with Gasteiger partial charge in [0.15, 0.2) is 0 Å². The van der Waals surface area contributed by atoms with Crippen molar-refractivity contribution in [1.29, 1.82) is 0 Å². The summed E-state index contributed by atoms with van der Waals surface area (Å²) in [4.78, 5) is 14.4. The molecule has 2 rings (SSSR count). The zero-order valence-corrected chi connectivity index (χ0v) is 13.4. The van der Waals surface area contributed by atoms with Crippen LogP contribution in [0.2, 0.25) is 0 Å². The van der Waals surface area contributed by atoms with Gasteiger partial charge in [0.25, 0.3) is 0 Å². The highest BCUT2D eigenvalue weighted by Gasteiger charge is 2.21. The largest absolute Gasteiger partial charge is 0.361 e. The number of para-hydroxylation sites is 1. The summed E-state index contributed by atoms with van der Waals surface area (Å²) < 4.78 is 5.04. The minimum absolute atomic E-state index is 0.119. The highest BCUT2D eigenvalue weighted by molar-refractivity contribution is 7.99. The molecule has 0 fully saturated rings. The first-order valence-electron chi connectivity index (χ1n) is 7.02. The molecule has 1 unspecified atom stereocenters. The second kappa shape index (κ2) is 7.31. The van der Waals surface area contributed by atoms with E-state index in [9.17, 15) is 4.79 Å². The van der Waals surface area contributed by atoms with Gasteiger partial charge in [-0.3, -0.25) is 4.79 Å². The van der Waals surface area contributed by atoms with Gasteiger partial charge in [0.2, 0.25) is 5.91 Å². The number of amides is 1. The second-order valence-electron chi connectivity index (χ2n) is 4.80. The molecule has 0 N–H and O–H groups in total. The molecule has 0 aliphatic rings. The van der Waals surface area contributed by atoms with Gasteiger partial charge in [0.1, 0.15) is 5.76 Å². The number of carbonyl (C=O) groups excluding carboxylic acids is 1. The molecule has 0 bridgehead atoms. The SMILES string of the molecule is CCN(C(=O)C(C)SCc1cc(C)on1)c1ccccc1. The Morgan fingerprint density at radius 2 is 2.10 bits per heavy atom. The lowest BCUT2D eigenvalue weighted by Crippen LogP contribution is -2.36. The summed E-state index contributed by atoms with van der Waals surface area (Å²) in [7, 11) is 0. The van der Waals surface area contributed by atoms with Crippen LogP contribution in [0.5, 0.6) is 0 Å². The number of nitrogens with zero attached hydrogens (tertiary/aromatic N) is 2. The Bertz CT molecular complexity index is 583. The van der Waals surface area contributed by atoms with Crippen molar-refractivity contribution in [1.82, 2.24) is 5.16 Å². The van der Waals surface area contributed by atoms with E-state index in [0.29, 0.717) is 12.3 Å². The third-order valence-corrected chi connectivity index (χ3v) is 4.32. The lowest BCUT2D eigenvalue weighted by molar-refractivity contribution is -0.117. The summed E-state index contributed by atoms with van der Waals surface area (Å²) in [6.45, 7) is 6.45. The number of anilines is 1. The van der Waals surface area contributed by atoms with Crippen molar-refractivity contribution in [3.8, 4) is 0 Å². The zero-order chi connectivity index (χ0) is 15.2. The Labute approximate surface area is 129 Å². The molecule has 0 aliphatic carbocycles. The Morgan fingerprint density at radius 1 is 1.38 bits per heavy atom. The third kappa shape index (κ3) is 4.11. The zero-order valence-electron chi connectivity index (χ0n) is 12.6. The predicted octanol–water partition coefficient (Wildman–Crippen LogP) is 3.66. The number of aromatic nitrogens is 1. The van der Waals surface area contributed by atoms with E-state index in [1.807, 2.05) is 62.1 Å². The first-order chi connectivity index (χ1) is 10.1. The summed E-state index contributed by atoms with van der Waals surface area (Å²) in [6.07, 6.45) is 0. The van der Waals surface area contributed by atoms with E-state index in [1.54, 1.807) is 11.8 Å². The highest BCUT2D eigenvalue weighted by atomic mass is 32.2. The molecule has 0 saturated heterocycles. The minimum Gasteiger partial charge on any atom is -0.361 e. The molecule has 2 aromatic rings. The standard InChI is InChI=1S/C16H20N2O2S/c1-4-18(15-8-6-5-7-9-15)16(19)13(3)21-11-14-10-12(2)20-17-14/h5-10,13H,4,11H2,1-3H3.